The van der Waals surface area contributed by atoms with E-state index in [1.807, 2.05) is 12.3 Å². The molecule has 1 aliphatic rings. The lowest BCUT2D eigenvalue weighted by molar-refractivity contribution is 0.679. The van der Waals surface area contributed by atoms with Crippen molar-refractivity contribution in [2.24, 2.45) is 0 Å². The Labute approximate surface area is 100.0 Å². The first-order valence-corrected chi connectivity index (χ1v) is 5.13. The Hall–Kier alpha value is -1.54. The topological polar surface area (TPSA) is 22.0 Å². The molecule has 0 fully saturated rings. The maximum atomic E-state index is 11.3. The van der Waals surface area contributed by atoms with Crippen LogP contribution in [0.15, 0.2) is 47.4 Å². The van der Waals surface area contributed by atoms with E-state index < -0.39 is 0 Å². The van der Waals surface area contributed by atoms with Crippen molar-refractivity contribution in [3.05, 3.63) is 58.4 Å². The van der Waals surface area contributed by atoms with E-state index >= 15 is 0 Å². The molecule has 0 saturated carbocycles. The number of aryl methyl sites for hydroxylation is 2. The van der Waals surface area contributed by atoms with E-state index in [1.165, 1.54) is 11.1 Å². The van der Waals surface area contributed by atoms with Crippen molar-refractivity contribution < 1.29 is 0 Å². The smallest absolute Gasteiger partial charge is 0.182 e. The Balaban J connectivity index is 0.000000963. The molecule has 0 radical (unpaired) electrons. The summed E-state index contributed by atoms with van der Waals surface area (Å²) in [5.41, 5.74) is 3.66. The van der Waals surface area contributed by atoms with Crippen LogP contribution >= 0.6 is 12.4 Å². The van der Waals surface area contributed by atoms with Crippen molar-refractivity contribution in [2.75, 3.05) is 0 Å². The van der Waals surface area contributed by atoms with Crippen molar-refractivity contribution in [2.45, 2.75) is 13.0 Å². The molecule has 2 heterocycles. The Morgan fingerprint density at radius 2 is 1.94 bits per heavy atom. The van der Waals surface area contributed by atoms with Crippen LogP contribution in [-0.4, -0.2) is 4.57 Å². The highest BCUT2D eigenvalue weighted by Gasteiger charge is 2.13. The molecule has 16 heavy (non-hydrogen) atoms. The van der Waals surface area contributed by atoms with Crippen LogP contribution in [0.4, 0.5) is 0 Å². The predicted octanol–water partition coefficient (Wildman–Crippen LogP) is 2.49. The summed E-state index contributed by atoms with van der Waals surface area (Å²) >= 11 is 0. The maximum Gasteiger partial charge on any atom is 0.182 e. The Morgan fingerprint density at radius 3 is 2.81 bits per heavy atom. The molecule has 1 aliphatic heterocycles. The molecule has 0 spiro atoms. The van der Waals surface area contributed by atoms with Gasteiger partial charge in [0.05, 0.1) is 5.69 Å². The molecule has 2 nitrogen and oxygen atoms in total. The largest absolute Gasteiger partial charge is 0.347 e. The van der Waals surface area contributed by atoms with Gasteiger partial charge < -0.3 is 4.57 Å². The minimum atomic E-state index is 0. The third-order valence-corrected chi connectivity index (χ3v) is 2.92. The second-order valence-corrected chi connectivity index (χ2v) is 3.85. The van der Waals surface area contributed by atoms with Gasteiger partial charge in [-0.15, -0.1) is 12.4 Å². The van der Waals surface area contributed by atoms with Crippen molar-refractivity contribution in [3.8, 4) is 11.3 Å². The zero-order chi connectivity index (χ0) is 10.3. The zero-order valence-corrected chi connectivity index (χ0v) is 9.54. The molecule has 3 rings (SSSR count). The van der Waals surface area contributed by atoms with Gasteiger partial charge in [-0.1, -0.05) is 24.3 Å². The molecule has 0 aliphatic carbocycles. The first kappa shape index (κ1) is 11.0. The van der Waals surface area contributed by atoms with E-state index in [0.717, 1.165) is 18.7 Å². The molecular formula is C13H12ClNO. The lowest BCUT2D eigenvalue weighted by Gasteiger charge is -2.21. The third-order valence-electron chi connectivity index (χ3n) is 2.92. The molecular weight excluding hydrogens is 222 g/mol. The third kappa shape index (κ3) is 1.65. The van der Waals surface area contributed by atoms with Gasteiger partial charge in [0.1, 0.15) is 0 Å². The molecule has 0 saturated heterocycles. The first-order chi connectivity index (χ1) is 7.34. The van der Waals surface area contributed by atoms with Gasteiger partial charge >= 0.3 is 0 Å². The summed E-state index contributed by atoms with van der Waals surface area (Å²) < 4.78 is 2.14. The first-order valence-electron chi connectivity index (χ1n) is 5.13. The fourth-order valence-electron chi connectivity index (χ4n) is 2.17. The molecule has 0 N–H and O–H groups in total. The fraction of sp³-hybridized carbons (Fsp3) is 0.154. The summed E-state index contributed by atoms with van der Waals surface area (Å²) in [6.07, 6.45) is 2.93. The summed E-state index contributed by atoms with van der Waals surface area (Å²) in [6, 6.07) is 11.6. The predicted molar refractivity (Wildman–Crippen MR) is 67.1 cm³/mol. The monoisotopic (exact) mass is 233 g/mol. The normalized spacial score (nSPS) is 12.2. The van der Waals surface area contributed by atoms with Gasteiger partial charge in [0.2, 0.25) is 0 Å². The lowest BCUT2D eigenvalue weighted by Crippen LogP contribution is -2.15. The van der Waals surface area contributed by atoms with Crippen LogP contribution in [0.3, 0.4) is 0 Å². The van der Waals surface area contributed by atoms with Crippen molar-refractivity contribution >= 4 is 12.4 Å². The van der Waals surface area contributed by atoms with E-state index in [0.29, 0.717) is 0 Å². The quantitative estimate of drug-likeness (QED) is 0.685. The molecule has 1 aromatic heterocycles. The number of rotatable bonds is 0. The second kappa shape index (κ2) is 4.14. The summed E-state index contributed by atoms with van der Waals surface area (Å²) in [7, 11) is 0. The summed E-state index contributed by atoms with van der Waals surface area (Å²) in [6.45, 7) is 0.965. The van der Waals surface area contributed by atoms with E-state index in [4.69, 9.17) is 0 Å². The van der Waals surface area contributed by atoms with Gasteiger partial charge in [0.25, 0.3) is 0 Å². The Kier molecular flexibility index (Phi) is 2.84. The summed E-state index contributed by atoms with van der Waals surface area (Å²) in [4.78, 5) is 11.3. The molecule has 0 amide bonds. The number of fused-ring (bicyclic) bond motifs is 3. The zero-order valence-electron chi connectivity index (χ0n) is 8.72. The van der Waals surface area contributed by atoms with Gasteiger partial charge in [0.15, 0.2) is 5.43 Å². The molecule has 3 heteroatoms. The van der Waals surface area contributed by atoms with Crippen molar-refractivity contribution in [1.82, 2.24) is 4.57 Å². The molecule has 82 valence electrons. The minimum absolute atomic E-state index is 0. The second-order valence-electron chi connectivity index (χ2n) is 3.85. The molecule has 2 aromatic rings. The average Bonchev–Trinajstić information content (AvgIpc) is 2.29. The van der Waals surface area contributed by atoms with E-state index in [1.54, 1.807) is 12.1 Å². The van der Waals surface area contributed by atoms with Crippen LogP contribution < -0.4 is 5.43 Å². The van der Waals surface area contributed by atoms with Crippen LogP contribution in [0.1, 0.15) is 5.56 Å². The molecule has 1 aromatic carbocycles. The molecule has 0 atom stereocenters. The van der Waals surface area contributed by atoms with Gasteiger partial charge in [0, 0.05) is 30.4 Å². The summed E-state index contributed by atoms with van der Waals surface area (Å²) in [5, 5.41) is 0. The Morgan fingerprint density at radius 1 is 1.12 bits per heavy atom. The van der Waals surface area contributed by atoms with Crippen LogP contribution in [0.2, 0.25) is 0 Å². The van der Waals surface area contributed by atoms with Crippen molar-refractivity contribution in [3.63, 3.8) is 0 Å². The average molecular weight is 234 g/mol. The highest BCUT2D eigenvalue weighted by molar-refractivity contribution is 5.85. The van der Waals surface area contributed by atoms with Crippen molar-refractivity contribution in [1.29, 1.82) is 0 Å². The number of benzene rings is 1. The van der Waals surface area contributed by atoms with Crippen LogP contribution in [-0.2, 0) is 13.0 Å². The molecule has 0 bridgehead atoms. The Bertz CT molecular complexity index is 574. The number of aromatic nitrogens is 1. The number of pyridine rings is 1. The van der Waals surface area contributed by atoms with Gasteiger partial charge in [-0.2, -0.15) is 0 Å². The minimum Gasteiger partial charge on any atom is -0.347 e. The van der Waals surface area contributed by atoms with Crippen LogP contribution in [0, 0.1) is 0 Å². The van der Waals surface area contributed by atoms with Crippen LogP contribution in [0.5, 0.6) is 0 Å². The van der Waals surface area contributed by atoms with E-state index in [9.17, 15) is 4.79 Å². The number of nitrogens with zero attached hydrogens (tertiary/aromatic N) is 1. The SMILES string of the molecule is Cl.O=c1ccn2c(c1)-c1ccccc1CC2. The number of hydrogen-bond donors (Lipinski definition) is 0. The van der Waals surface area contributed by atoms with Gasteiger partial charge in [-0.25, -0.2) is 0 Å². The highest BCUT2D eigenvalue weighted by Crippen LogP contribution is 2.27. The summed E-state index contributed by atoms with van der Waals surface area (Å²) in [5.74, 6) is 0. The van der Waals surface area contributed by atoms with Gasteiger partial charge in [-0.3, -0.25) is 4.79 Å². The number of hydrogen-bond acceptors (Lipinski definition) is 1. The highest BCUT2D eigenvalue weighted by atomic mass is 35.5. The fourth-order valence-corrected chi connectivity index (χ4v) is 2.17. The van der Waals surface area contributed by atoms with E-state index in [2.05, 4.69) is 22.8 Å². The standard InChI is InChI=1S/C13H11NO.ClH/c15-11-6-8-14-7-5-10-3-1-2-4-12(10)13(14)9-11;/h1-4,6,8-9H,5,7H2;1H. The van der Waals surface area contributed by atoms with Crippen LogP contribution in [0.25, 0.3) is 11.3 Å². The lowest BCUT2D eigenvalue weighted by atomic mass is 9.98. The molecule has 0 unspecified atom stereocenters. The van der Waals surface area contributed by atoms with E-state index in [-0.39, 0.29) is 17.8 Å². The van der Waals surface area contributed by atoms with Gasteiger partial charge in [-0.05, 0) is 12.0 Å². The maximum absolute atomic E-state index is 11.3. The number of halogens is 1.